The standard InChI is InChI=1S/C26H28N4O3/c1-18-16-20(6-7-21(18)19-8-10-27-11-9-19)26(31)28-24-17-32-25-22(4-3-5-23(25)33-24)30-14-12-29(2)13-15-30/h3-11,16,24H,12-15,17H2,1-2H3,(H,28,31). The lowest BCUT2D eigenvalue weighted by Gasteiger charge is -2.36. The van der Waals surface area contributed by atoms with Gasteiger partial charge in [0.25, 0.3) is 5.91 Å². The first-order valence-electron chi connectivity index (χ1n) is 11.3. The predicted octanol–water partition coefficient (Wildman–Crippen LogP) is 3.34. The highest BCUT2D eigenvalue weighted by Crippen LogP contribution is 2.40. The minimum atomic E-state index is -0.548. The molecule has 3 aromatic rings. The Bertz CT molecular complexity index is 1140. The fraction of sp³-hybridized carbons (Fsp3) is 0.308. The van der Waals surface area contributed by atoms with Gasteiger partial charge in [-0.05, 0) is 67.1 Å². The number of anilines is 1. The Balaban J connectivity index is 1.27. The van der Waals surface area contributed by atoms with E-state index in [9.17, 15) is 4.79 Å². The van der Waals surface area contributed by atoms with E-state index in [-0.39, 0.29) is 12.5 Å². The van der Waals surface area contributed by atoms with Gasteiger partial charge in [0.2, 0.25) is 6.23 Å². The maximum absolute atomic E-state index is 12.9. The van der Waals surface area contributed by atoms with E-state index in [1.807, 2.05) is 49.4 Å². The van der Waals surface area contributed by atoms with Crippen LogP contribution in [-0.2, 0) is 0 Å². The number of aryl methyl sites for hydroxylation is 1. The number of fused-ring (bicyclic) bond motifs is 1. The van der Waals surface area contributed by atoms with Crippen molar-refractivity contribution in [3.63, 3.8) is 0 Å². The topological polar surface area (TPSA) is 66.9 Å². The summed E-state index contributed by atoms with van der Waals surface area (Å²) in [7, 11) is 2.14. The van der Waals surface area contributed by atoms with Gasteiger partial charge in [-0.2, -0.15) is 0 Å². The highest BCUT2D eigenvalue weighted by Gasteiger charge is 2.27. The number of hydrogen-bond donors (Lipinski definition) is 1. The number of piperazine rings is 1. The van der Waals surface area contributed by atoms with Crippen LogP contribution in [0.3, 0.4) is 0 Å². The first-order valence-corrected chi connectivity index (χ1v) is 11.3. The Morgan fingerprint density at radius 3 is 2.61 bits per heavy atom. The van der Waals surface area contributed by atoms with E-state index >= 15 is 0 Å². The van der Waals surface area contributed by atoms with Gasteiger partial charge in [0.15, 0.2) is 11.5 Å². The fourth-order valence-corrected chi connectivity index (χ4v) is 4.35. The number of ether oxygens (including phenoxy) is 2. The summed E-state index contributed by atoms with van der Waals surface area (Å²) < 4.78 is 12.2. The monoisotopic (exact) mass is 444 g/mol. The van der Waals surface area contributed by atoms with E-state index in [1.54, 1.807) is 12.4 Å². The molecule has 3 heterocycles. The Morgan fingerprint density at radius 2 is 1.85 bits per heavy atom. The van der Waals surface area contributed by atoms with Gasteiger partial charge in [-0.15, -0.1) is 0 Å². The third-order valence-corrected chi connectivity index (χ3v) is 6.22. The van der Waals surface area contributed by atoms with Crippen molar-refractivity contribution < 1.29 is 14.3 Å². The van der Waals surface area contributed by atoms with Crippen LogP contribution < -0.4 is 19.7 Å². The summed E-state index contributed by atoms with van der Waals surface area (Å²) in [5.41, 5.74) is 4.82. The minimum Gasteiger partial charge on any atom is -0.482 e. The van der Waals surface area contributed by atoms with E-state index in [1.165, 1.54) is 0 Å². The summed E-state index contributed by atoms with van der Waals surface area (Å²) in [6.45, 7) is 6.20. The average Bonchev–Trinajstić information content (AvgIpc) is 2.84. The molecule has 0 radical (unpaired) electrons. The molecule has 2 aromatic carbocycles. The molecule has 7 nitrogen and oxygen atoms in total. The molecule has 1 unspecified atom stereocenters. The second-order valence-electron chi connectivity index (χ2n) is 8.55. The van der Waals surface area contributed by atoms with Crippen LogP contribution in [0.1, 0.15) is 15.9 Å². The number of carbonyl (C=O) groups excluding carboxylic acids is 1. The Hall–Kier alpha value is -3.58. The number of carbonyl (C=O) groups is 1. The van der Waals surface area contributed by atoms with E-state index in [0.717, 1.165) is 54.3 Å². The zero-order valence-corrected chi connectivity index (χ0v) is 19.0. The smallest absolute Gasteiger partial charge is 0.254 e. The Kier molecular flexibility index (Phi) is 5.88. The van der Waals surface area contributed by atoms with E-state index in [4.69, 9.17) is 9.47 Å². The van der Waals surface area contributed by atoms with Crippen LogP contribution in [0.4, 0.5) is 5.69 Å². The molecule has 2 aliphatic heterocycles. The third kappa shape index (κ3) is 4.50. The maximum atomic E-state index is 12.9. The average molecular weight is 445 g/mol. The van der Waals surface area contributed by atoms with Gasteiger partial charge >= 0.3 is 0 Å². The van der Waals surface area contributed by atoms with Gasteiger partial charge in [-0.1, -0.05) is 12.1 Å². The van der Waals surface area contributed by atoms with Crippen molar-refractivity contribution in [2.24, 2.45) is 0 Å². The van der Waals surface area contributed by atoms with Crippen molar-refractivity contribution in [2.45, 2.75) is 13.2 Å². The molecule has 1 fully saturated rings. The highest BCUT2D eigenvalue weighted by molar-refractivity contribution is 5.95. The number of amides is 1. The molecule has 1 N–H and O–H groups in total. The SMILES string of the molecule is Cc1cc(C(=O)NC2COc3c(cccc3N3CCN(C)CC3)O2)ccc1-c1ccncc1. The van der Waals surface area contributed by atoms with E-state index in [0.29, 0.717) is 11.3 Å². The van der Waals surface area contributed by atoms with Crippen molar-refractivity contribution in [1.29, 1.82) is 0 Å². The largest absolute Gasteiger partial charge is 0.482 e. The molecule has 1 amide bonds. The van der Waals surface area contributed by atoms with Crippen LogP contribution >= 0.6 is 0 Å². The molecule has 7 heteroatoms. The van der Waals surface area contributed by atoms with Gasteiger partial charge in [0.1, 0.15) is 6.61 Å². The van der Waals surface area contributed by atoms with Gasteiger partial charge in [0, 0.05) is 44.1 Å². The van der Waals surface area contributed by atoms with Crippen LogP contribution in [-0.4, -0.2) is 61.9 Å². The molecule has 1 aromatic heterocycles. The number of rotatable bonds is 4. The second-order valence-corrected chi connectivity index (χ2v) is 8.55. The lowest BCUT2D eigenvalue weighted by molar-refractivity contribution is 0.0548. The van der Waals surface area contributed by atoms with Crippen LogP contribution in [0.25, 0.3) is 11.1 Å². The lowest BCUT2D eigenvalue weighted by atomic mass is 9.99. The number of hydrogen-bond acceptors (Lipinski definition) is 6. The van der Waals surface area contributed by atoms with E-state index in [2.05, 4.69) is 33.2 Å². The van der Waals surface area contributed by atoms with Gasteiger partial charge < -0.3 is 24.6 Å². The second kappa shape index (κ2) is 9.11. The van der Waals surface area contributed by atoms with Crippen molar-refractivity contribution in [1.82, 2.24) is 15.2 Å². The number of pyridine rings is 1. The maximum Gasteiger partial charge on any atom is 0.254 e. The molecule has 1 atom stereocenters. The molecule has 0 saturated carbocycles. The summed E-state index contributed by atoms with van der Waals surface area (Å²) in [4.78, 5) is 21.6. The van der Waals surface area contributed by atoms with Crippen molar-refractivity contribution >= 4 is 11.6 Å². The van der Waals surface area contributed by atoms with Crippen molar-refractivity contribution in [3.8, 4) is 22.6 Å². The molecule has 1 saturated heterocycles. The summed E-state index contributed by atoms with van der Waals surface area (Å²) in [5.74, 6) is 1.23. The number of para-hydroxylation sites is 1. The zero-order valence-electron chi connectivity index (χ0n) is 19.0. The van der Waals surface area contributed by atoms with Gasteiger partial charge in [-0.3, -0.25) is 9.78 Å². The number of nitrogens with zero attached hydrogens (tertiary/aromatic N) is 3. The Morgan fingerprint density at radius 1 is 1.06 bits per heavy atom. The summed E-state index contributed by atoms with van der Waals surface area (Å²) in [5, 5.41) is 2.95. The Labute approximate surface area is 193 Å². The molecular weight excluding hydrogens is 416 g/mol. The molecular formula is C26H28N4O3. The zero-order chi connectivity index (χ0) is 22.8. The minimum absolute atomic E-state index is 0.188. The molecule has 0 bridgehead atoms. The van der Waals surface area contributed by atoms with Crippen LogP contribution in [0, 0.1) is 6.92 Å². The fourth-order valence-electron chi connectivity index (χ4n) is 4.35. The van der Waals surface area contributed by atoms with E-state index < -0.39 is 6.23 Å². The predicted molar refractivity (Wildman–Crippen MR) is 128 cm³/mol. The molecule has 0 aliphatic carbocycles. The number of aromatic nitrogens is 1. The molecule has 5 rings (SSSR count). The highest BCUT2D eigenvalue weighted by atomic mass is 16.6. The van der Waals surface area contributed by atoms with Crippen LogP contribution in [0.5, 0.6) is 11.5 Å². The van der Waals surface area contributed by atoms with Crippen molar-refractivity contribution in [2.75, 3.05) is 44.7 Å². The molecule has 33 heavy (non-hydrogen) atoms. The van der Waals surface area contributed by atoms with Crippen LogP contribution in [0.2, 0.25) is 0 Å². The molecule has 170 valence electrons. The van der Waals surface area contributed by atoms with Gasteiger partial charge in [0.05, 0.1) is 5.69 Å². The summed E-state index contributed by atoms with van der Waals surface area (Å²) >= 11 is 0. The summed E-state index contributed by atoms with van der Waals surface area (Å²) in [6.07, 6.45) is 2.99. The first kappa shape index (κ1) is 21.3. The third-order valence-electron chi connectivity index (χ3n) is 6.22. The normalized spacial score (nSPS) is 18.1. The molecule has 0 spiro atoms. The van der Waals surface area contributed by atoms with Gasteiger partial charge in [-0.25, -0.2) is 0 Å². The quantitative estimate of drug-likeness (QED) is 0.666. The lowest BCUT2D eigenvalue weighted by Crippen LogP contribution is -2.46. The first-order chi connectivity index (χ1) is 16.1. The van der Waals surface area contributed by atoms with Crippen LogP contribution in [0.15, 0.2) is 60.9 Å². The number of likely N-dealkylation sites (N-methyl/N-ethyl adjacent to an activating group) is 1. The number of nitrogens with one attached hydrogen (secondary N) is 1. The number of benzene rings is 2. The summed E-state index contributed by atoms with van der Waals surface area (Å²) in [6, 6.07) is 15.6. The van der Waals surface area contributed by atoms with Crippen molar-refractivity contribution in [3.05, 3.63) is 72.1 Å². The molecule has 2 aliphatic rings.